The molecule has 0 aromatic carbocycles. The lowest BCUT2D eigenvalue weighted by Gasteiger charge is -2.03. The molecule has 0 spiro atoms. The summed E-state index contributed by atoms with van der Waals surface area (Å²) in [5, 5.41) is 3.73. The van der Waals surface area contributed by atoms with Gasteiger partial charge in [0.1, 0.15) is 4.90 Å². The number of aryl methyl sites for hydroxylation is 1. The molecule has 1 heterocycles. The molecule has 0 aliphatic heterocycles. The number of rotatable bonds is 6. The number of aromatic nitrogens is 2. The zero-order valence-corrected chi connectivity index (χ0v) is 10.9. The first kappa shape index (κ1) is 13.8. The first-order valence-corrected chi connectivity index (χ1v) is 7.32. The van der Waals surface area contributed by atoms with E-state index in [1.54, 1.807) is 13.1 Å². The van der Waals surface area contributed by atoms with Gasteiger partial charge in [-0.05, 0) is 0 Å². The van der Waals surface area contributed by atoms with Crippen LogP contribution in [0.4, 0.5) is 0 Å². The molecule has 0 saturated heterocycles. The molecule has 8 heteroatoms. The number of hydrogen-bond donors (Lipinski definition) is 1. The minimum atomic E-state index is -3.80. The van der Waals surface area contributed by atoms with Crippen LogP contribution in [0.25, 0.3) is 0 Å². The van der Waals surface area contributed by atoms with Crippen molar-refractivity contribution >= 4 is 27.7 Å². The molecule has 1 N–H and O–H groups in total. The van der Waals surface area contributed by atoms with Gasteiger partial charge in [0.2, 0.25) is 5.91 Å². The quantitative estimate of drug-likeness (QED) is 0.590. The van der Waals surface area contributed by atoms with Gasteiger partial charge in [0.15, 0.2) is 0 Å². The molecule has 94 valence electrons. The van der Waals surface area contributed by atoms with Crippen LogP contribution in [-0.2, 0) is 21.9 Å². The lowest BCUT2D eigenvalue weighted by Crippen LogP contribution is -2.31. The zero-order valence-electron chi connectivity index (χ0n) is 9.29. The highest BCUT2D eigenvalue weighted by Crippen LogP contribution is 2.06. The minimum Gasteiger partial charge on any atom is -0.274 e. The summed E-state index contributed by atoms with van der Waals surface area (Å²) < 4.78 is 26.7. The fraction of sp³-hybridized carbons (Fsp3) is 0.333. The van der Waals surface area contributed by atoms with Gasteiger partial charge in [0.25, 0.3) is 10.0 Å². The predicted octanol–water partition coefficient (Wildman–Crippen LogP) is 0.144. The molecule has 1 amide bonds. The van der Waals surface area contributed by atoms with Crippen LogP contribution >= 0.6 is 11.8 Å². The first-order valence-electron chi connectivity index (χ1n) is 4.68. The number of sulfonamides is 1. The Kier molecular flexibility index (Phi) is 4.76. The second kappa shape index (κ2) is 5.87. The van der Waals surface area contributed by atoms with E-state index in [0.29, 0.717) is 5.75 Å². The summed E-state index contributed by atoms with van der Waals surface area (Å²) in [6.45, 7) is 3.50. The summed E-state index contributed by atoms with van der Waals surface area (Å²) in [4.78, 5) is 11.3. The van der Waals surface area contributed by atoms with Crippen molar-refractivity contribution in [3.05, 3.63) is 25.0 Å². The number of hydrogen-bond acceptors (Lipinski definition) is 5. The van der Waals surface area contributed by atoms with E-state index in [-0.39, 0.29) is 10.6 Å². The Balaban J connectivity index is 2.61. The van der Waals surface area contributed by atoms with Crippen LogP contribution in [0.3, 0.4) is 0 Å². The van der Waals surface area contributed by atoms with E-state index in [0.717, 1.165) is 0 Å². The van der Waals surface area contributed by atoms with Crippen LogP contribution in [0.1, 0.15) is 0 Å². The molecule has 0 aliphatic carbocycles. The van der Waals surface area contributed by atoms with Crippen molar-refractivity contribution in [1.82, 2.24) is 14.5 Å². The van der Waals surface area contributed by atoms with Gasteiger partial charge in [-0.25, -0.2) is 13.1 Å². The number of amides is 1. The van der Waals surface area contributed by atoms with Crippen molar-refractivity contribution in [1.29, 1.82) is 0 Å². The molecule has 1 aromatic rings. The summed E-state index contributed by atoms with van der Waals surface area (Å²) in [7, 11) is -2.20. The maximum Gasteiger partial charge on any atom is 0.267 e. The van der Waals surface area contributed by atoms with Gasteiger partial charge < -0.3 is 0 Å². The third-order valence-electron chi connectivity index (χ3n) is 1.71. The summed E-state index contributed by atoms with van der Waals surface area (Å²) in [6, 6.07) is 0. The monoisotopic (exact) mass is 275 g/mol. The summed E-state index contributed by atoms with van der Waals surface area (Å²) in [6.07, 6.45) is 4.16. The average Bonchev–Trinajstić information content (AvgIpc) is 2.65. The van der Waals surface area contributed by atoms with E-state index in [1.165, 1.54) is 28.8 Å². The van der Waals surface area contributed by atoms with Gasteiger partial charge in [-0.15, -0.1) is 18.3 Å². The van der Waals surface area contributed by atoms with Gasteiger partial charge in [0, 0.05) is 19.0 Å². The summed E-state index contributed by atoms with van der Waals surface area (Å²) in [5.74, 6) is 0.118. The molecule has 0 fully saturated rings. The van der Waals surface area contributed by atoms with E-state index in [2.05, 4.69) is 11.7 Å². The second-order valence-electron chi connectivity index (χ2n) is 3.18. The van der Waals surface area contributed by atoms with Crippen LogP contribution in [0, 0.1) is 0 Å². The lowest BCUT2D eigenvalue weighted by molar-refractivity contribution is -0.116. The third kappa shape index (κ3) is 4.23. The molecule has 0 bridgehead atoms. The number of nitrogens with zero attached hydrogens (tertiary/aromatic N) is 2. The number of carbonyl (C=O) groups is 1. The van der Waals surface area contributed by atoms with Crippen LogP contribution < -0.4 is 4.72 Å². The van der Waals surface area contributed by atoms with Crippen LogP contribution in [0.15, 0.2) is 29.9 Å². The SMILES string of the molecule is C=CCSCC(=O)NS(=O)(=O)c1cnn(C)c1. The molecule has 17 heavy (non-hydrogen) atoms. The Morgan fingerprint density at radius 2 is 2.41 bits per heavy atom. The van der Waals surface area contributed by atoms with Crippen molar-refractivity contribution < 1.29 is 13.2 Å². The van der Waals surface area contributed by atoms with E-state index in [9.17, 15) is 13.2 Å². The van der Waals surface area contributed by atoms with Gasteiger partial charge in [0.05, 0.1) is 11.9 Å². The van der Waals surface area contributed by atoms with E-state index < -0.39 is 15.9 Å². The molecule has 0 saturated carbocycles. The number of carbonyl (C=O) groups excluding carboxylic acids is 1. The topological polar surface area (TPSA) is 81.1 Å². The average molecular weight is 275 g/mol. The van der Waals surface area contributed by atoms with Gasteiger partial charge in [-0.1, -0.05) is 6.08 Å². The third-order valence-corrected chi connectivity index (χ3v) is 3.97. The Labute approximate surface area is 104 Å². The number of thioether (sulfide) groups is 1. The molecule has 6 nitrogen and oxygen atoms in total. The van der Waals surface area contributed by atoms with E-state index >= 15 is 0 Å². The smallest absolute Gasteiger partial charge is 0.267 e. The van der Waals surface area contributed by atoms with Crippen LogP contribution in [0.2, 0.25) is 0 Å². The maximum atomic E-state index is 11.7. The van der Waals surface area contributed by atoms with Crippen molar-refractivity contribution in [2.24, 2.45) is 7.05 Å². The van der Waals surface area contributed by atoms with Crippen LogP contribution in [-0.4, -0.2) is 35.6 Å². The van der Waals surface area contributed by atoms with Crippen molar-refractivity contribution in [2.75, 3.05) is 11.5 Å². The molecule has 0 atom stereocenters. The number of nitrogens with one attached hydrogen (secondary N) is 1. The Bertz CT molecular complexity index is 507. The summed E-state index contributed by atoms with van der Waals surface area (Å²) >= 11 is 1.29. The minimum absolute atomic E-state index is 0.0259. The predicted molar refractivity (Wildman–Crippen MR) is 66.1 cm³/mol. The first-order chi connectivity index (χ1) is 7.95. The Hall–Kier alpha value is -1.28. The normalized spacial score (nSPS) is 11.1. The molecule has 0 unspecified atom stereocenters. The maximum absolute atomic E-state index is 11.7. The zero-order chi connectivity index (χ0) is 12.9. The molecule has 0 aliphatic rings. The summed E-state index contributed by atoms with van der Waals surface area (Å²) in [5.41, 5.74) is 0. The van der Waals surface area contributed by atoms with Gasteiger partial charge >= 0.3 is 0 Å². The largest absolute Gasteiger partial charge is 0.274 e. The highest BCUT2D eigenvalue weighted by atomic mass is 32.2. The molecular formula is C9H13N3O3S2. The van der Waals surface area contributed by atoms with Crippen molar-refractivity contribution in [3.63, 3.8) is 0 Å². The second-order valence-corrected chi connectivity index (χ2v) is 5.89. The molecule has 1 aromatic heterocycles. The lowest BCUT2D eigenvalue weighted by atomic mass is 10.7. The fourth-order valence-electron chi connectivity index (χ4n) is 1.01. The fourth-order valence-corrected chi connectivity index (χ4v) is 2.61. The highest BCUT2D eigenvalue weighted by Gasteiger charge is 2.18. The van der Waals surface area contributed by atoms with Crippen molar-refractivity contribution in [2.45, 2.75) is 4.90 Å². The van der Waals surface area contributed by atoms with Gasteiger partial charge in [-0.3, -0.25) is 9.48 Å². The van der Waals surface area contributed by atoms with Crippen LogP contribution in [0.5, 0.6) is 0 Å². The Morgan fingerprint density at radius 1 is 1.71 bits per heavy atom. The molecular weight excluding hydrogens is 262 g/mol. The van der Waals surface area contributed by atoms with E-state index in [1.807, 2.05) is 4.72 Å². The van der Waals surface area contributed by atoms with E-state index in [4.69, 9.17) is 0 Å². The molecule has 0 radical (unpaired) electrons. The highest BCUT2D eigenvalue weighted by molar-refractivity contribution is 8.00. The molecule has 1 rings (SSSR count). The van der Waals surface area contributed by atoms with Crippen molar-refractivity contribution in [3.8, 4) is 0 Å². The standard InChI is InChI=1S/C9H13N3O3S2/c1-3-4-16-7-9(13)11-17(14,15)8-5-10-12(2)6-8/h3,5-6H,1,4,7H2,2H3,(H,11,13). The van der Waals surface area contributed by atoms with Gasteiger partial charge in [-0.2, -0.15) is 5.10 Å². The Morgan fingerprint density at radius 3 is 2.94 bits per heavy atom.